The summed E-state index contributed by atoms with van der Waals surface area (Å²) >= 11 is 0. The molecule has 5 nitrogen and oxygen atoms in total. The molecule has 0 saturated heterocycles. The molecule has 1 heterocycles. The molecule has 21 heavy (non-hydrogen) atoms. The van der Waals surface area contributed by atoms with Crippen molar-refractivity contribution in [1.82, 2.24) is 9.78 Å². The molecule has 1 aromatic carbocycles. The van der Waals surface area contributed by atoms with Crippen molar-refractivity contribution in [2.45, 2.75) is 38.8 Å². The molecule has 0 aliphatic carbocycles. The minimum atomic E-state index is -0.115. The summed E-state index contributed by atoms with van der Waals surface area (Å²) in [7, 11) is 0. The second-order valence-corrected chi connectivity index (χ2v) is 5.41. The zero-order chi connectivity index (χ0) is 15.2. The van der Waals surface area contributed by atoms with Gasteiger partial charge in [-0.05, 0) is 25.8 Å². The molecule has 1 unspecified atom stereocenters. The summed E-state index contributed by atoms with van der Waals surface area (Å²) < 4.78 is 1.81. The normalized spacial score (nSPS) is 12.4. The van der Waals surface area contributed by atoms with Gasteiger partial charge in [0.1, 0.15) is 0 Å². The maximum atomic E-state index is 11.9. The summed E-state index contributed by atoms with van der Waals surface area (Å²) in [5, 5.41) is 7.04. The monoisotopic (exact) mass is 286 g/mol. The molecule has 1 atom stereocenters. The lowest BCUT2D eigenvalue weighted by Gasteiger charge is -2.11. The fourth-order valence-corrected chi connectivity index (χ4v) is 2.06. The fraction of sp³-hybridized carbons (Fsp3) is 0.375. The Labute approximate surface area is 125 Å². The molecule has 0 aliphatic rings. The van der Waals surface area contributed by atoms with E-state index in [0.29, 0.717) is 12.8 Å². The number of carbonyl (C=O) groups excluding carboxylic acids is 1. The van der Waals surface area contributed by atoms with Crippen LogP contribution in [0.15, 0.2) is 42.7 Å². The third-order valence-electron chi connectivity index (χ3n) is 3.32. The second-order valence-electron chi connectivity index (χ2n) is 5.41. The second kappa shape index (κ2) is 7.04. The van der Waals surface area contributed by atoms with E-state index in [1.54, 1.807) is 6.20 Å². The van der Waals surface area contributed by atoms with E-state index in [-0.39, 0.29) is 18.0 Å². The first-order valence-electron chi connectivity index (χ1n) is 7.21. The first-order valence-corrected chi connectivity index (χ1v) is 7.21. The lowest BCUT2D eigenvalue weighted by Crippen LogP contribution is -2.16. The van der Waals surface area contributed by atoms with Crippen molar-refractivity contribution >= 4 is 11.6 Å². The Morgan fingerprint density at radius 1 is 1.33 bits per heavy atom. The zero-order valence-corrected chi connectivity index (χ0v) is 12.5. The van der Waals surface area contributed by atoms with Crippen LogP contribution in [0.2, 0.25) is 0 Å². The van der Waals surface area contributed by atoms with E-state index < -0.39 is 0 Å². The topological polar surface area (TPSA) is 72.9 Å². The van der Waals surface area contributed by atoms with Crippen LogP contribution in [0, 0.1) is 0 Å². The molecule has 2 rings (SSSR count). The van der Waals surface area contributed by atoms with Gasteiger partial charge in [-0.25, -0.2) is 0 Å². The number of carbonyl (C=O) groups is 1. The number of benzene rings is 1. The van der Waals surface area contributed by atoms with Crippen LogP contribution in [-0.4, -0.2) is 15.7 Å². The number of hydrogen-bond donors (Lipinski definition) is 2. The molecular weight excluding hydrogens is 264 g/mol. The van der Waals surface area contributed by atoms with E-state index in [0.717, 1.165) is 11.3 Å². The van der Waals surface area contributed by atoms with Crippen LogP contribution in [-0.2, 0) is 4.79 Å². The first kappa shape index (κ1) is 15.3. The molecule has 1 amide bonds. The smallest absolute Gasteiger partial charge is 0.224 e. The van der Waals surface area contributed by atoms with Gasteiger partial charge in [0.2, 0.25) is 5.91 Å². The van der Waals surface area contributed by atoms with Crippen LogP contribution in [0.3, 0.4) is 0 Å². The van der Waals surface area contributed by atoms with Gasteiger partial charge in [-0.3, -0.25) is 9.48 Å². The number of rotatable bonds is 6. The molecular formula is C16H22N4O. The van der Waals surface area contributed by atoms with Crippen LogP contribution in [0.1, 0.15) is 44.3 Å². The summed E-state index contributed by atoms with van der Waals surface area (Å²) in [5.74, 6) is -0.0373. The van der Waals surface area contributed by atoms with Crippen LogP contribution in [0.5, 0.6) is 0 Å². The van der Waals surface area contributed by atoms with Crippen molar-refractivity contribution < 1.29 is 4.79 Å². The van der Waals surface area contributed by atoms with E-state index in [4.69, 9.17) is 5.73 Å². The predicted octanol–water partition coefficient (Wildman–Crippen LogP) is 2.88. The Morgan fingerprint density at radius 2 is 2.05 bits per heavy atom. The van der Waals surface area contributed by atoms with Crippen molar-refractivity contribution in [1.29, 1.82) is 0 Å². The van der Waals surface area contributed by atoms with Gasteiger partial charge in [-0.1, -0.05) is 30.3 Å². The van der Waals surface area contributed by atoms with Gasteiger partial charge >= 0.3 is 0 Å². The van der Waals surface area contributed by atoms with Gasteiger partial charge < -0.3 is 11.1 Å². The molecule has 1 aromatic heterocycles. The molecule has 0 bridgehead atoms. The molecule has 2 aromatic rings. The molecule has 0 spiro atoms. The van der Waals surface area contributed by atoms with E-state index in [1.807, 2.05) is 55.1 Å². The van der Waals surface area contributed by atoms with E-state index in [1.165, 1.54) is 0 Å². The predicted molar refractivity (Wildman–Crippen MR) is 83.8 cm³/mol. The molecule has 5 heteroatoms. The molecule has 0 saturated carbocycles. The highest BCUT2D eigenvalue weighted by Gasteiger charge is 2.10. The highest BCUT2D eigenvalue weighted by atomic mass is 16.1. The van der Waals surface area contributed by atoms with E-state index >= 15 is 0 Å². The van der Waals surface area contributed by atoms with Crippen LogP contribution < -0.4 is 11.1 Å². The Balaban J connectivity index is 1.82. The van der Waals surface area contributed by atoms with Gasteiger partial charge in [0.25, 0.3) is 0 Å². The Bertz CT molecular complexity index is 577. The molecule has 112 valence electrons. The summed E-state index contributed by atoms with van der Waals surface area (Å²) in [4.78, 5) is 11.9. The van der Waals surface area contributed by atoms with Crippen molar-refractivity contribution in [3.05, 3.63) is 48.3 Å². The van der Waals surface area contributed by atoms with Crippen molar-refractivity contribution in [3.63, 3.8) is 0 Å². The lowest BCUT2D eigenvalue weighted by atomic mass is 10.0. The zero-order valence-electron chi connectivity index (χ0n) is 12.5. The van der Waals surface area contributed by atoms with Crippen LogP contribution >= 0.6 is 0 Å². The van der Waals surface area contributed by atoms with Crippen molar-refractivity contribution in [3.8, 4) is 0 Å². The highest BCUT2D eigenvalue weighted by molar-refractivity contribution is 5.90. The minimum absolute atomic E-state index is 0.0373. The standard InChI is InChI=1S/C16H22N4O/c1-12(2)20-11-14(10-18-20)19-16(21)9-8-15(17)13-6-4-3-5-7-13/h3-7,10-12,15H,8-9,17H2,1-2H3,(H,19,21). The average molecular weight is 286 g/mol. The number of nitrogens with one attached hydrogen (secondary N) is 1. The number of anilines is 1. The number of hydrogen-bond acceptors (Lipinski definition) is 3. The summed E-state index contributed by atoms with van der Waals surface area (Å²) in [6.07, 6.45) is 4.51. The van der Waals surface area contributed by atoms with Crippen molar-refractivity contribution in [2.75, 3.05) is 5.32 Å². The number of aromatic nitrogens is 2. The fourth-order valence-electron chi connectivity index (χ4n) is 2.06. The molecule has 0 fully saturated rings. The van der Waals surface area contributed by atoms with Gasteiger partial charge in [0.05, 0.1) is 11.9 Å². The quantitative estimate of drug-likeness (QED) is 0.857. The first-order chi connectivity index (χ1) is 10.1. The number of nitrogens with two attached hydrogens (primary N) is 1. The Morgan fingerprint density at radius 3 is 2.67 bits per heavy atom. The molecule has 3 N–H and O–H groups in total. The van der Waals surface area contributed by atoms with Crippen molar-refractivity contribution in [2.24, 2.45) is 5.73 Å². The number of amides is 1. The summed E-state index contributed by atoms with van der Waals surface area (Å²) in [6.45, 7) is 4.08. The van der Waals surface area contributed by atoms with Gasteiger partial charge in [-0.2, -0.15) is 5.10 Å². The van der Waals surface area contributed by atoms with E-state index in [2.05, 4.69) is 10.4 Å². The molecule has 0 aliphatic heterocycles. The van der Waals surface area contributed by atoms with Crippen LogP contribution in [0.4, 0.5) is 5.69 Å². The molecule has 0 radical (unpaired) electrons. The summed E-state index contributed by atoms with van der Waals surface area (Å²) in [5.41, 5.74) is 7.86. The maximum absolute atomic E-state index is 11.9. The lowest BCUT2D eigenvalue weighted by molar-refractivity contribution is -0.116. The summed E-state index contributed by atoms with van der Waals surface area (Å²) in [6, 6.07) is 9.99. The van der Waals surface area contributed by atoms with Gasteiger partial charge in [0, 0.05) is 24.7 Å². The maximum Gasteiger partial charge on any atom is 0.224 e. The largest absolute Gasteiger partial charge is 0.324 e. The third-order valence-corrected chi connectivity index (χ3v) is 3.32. The Kier molecular flexibility index (Phi) is 5.11. The highest BCUT2D eigenvalue weighted by Crippen LogP contribution is 2.16. The Hall–Kier alpha value is -2.14. The third kappa shape index (κ3) is 4.43. The van der Waals surface area contributed by atoms with Gasteiger partial charge in [0.15, 0.2) is 0 Å². The minimum Gasteiger partial charge on any atom is -0.324 e. The van der Waals surface area contributed by atoms with Crippen LogP contribution in [0.25, 0.3) is 0 Å². The average Bonchev–Trinajstić information content (AvgIpc) is 2.94. The van der Waals surface area contributed by atoms with Gasteiger partial charge in [-0.15, -0.1) is 0 Å². The number of nitrogens with zero attached hydrogens (tertiary/aromatic N) is 2. The van der Waals surface area contributed by atoms with E-state index in [9.17, 15) is 4.79 Å². The SMILES string of the molecule is CC(C)n1cc(NC(=O)CCC(N)c2ccccc2)cn1.